The van der Waals surface area contributed by atoms with Crippen molar-refractivity contribution in [3.63, 3.8) is 0 Å². The minimum atomic E-state index is 0.660. The van der Waals surface area contributed by atoms with Crippen LogP contribution in [0.4, 0.5) is 5.69 Å². The van der Waals surface area contributed by atoms with Crippen LogP contribution in [0.5, 0.6) is 0 Å². The van der Waals surface area contributed by atoms with E-state index in [-0.39, 0.29) is 0 Å². The molecule has 0 fully saturated rings. The largest absolute Gasteiger partial charge is 0.398 e. The zero-order valence-electron chi connectivity index (χ0n) is 4.91. The van der Waals surface area contributed by atoms with Crippen LogP contribution in [-0.2, 0) is 0 Å². The predicted molar refractivity (Wildman–Crippen MR) is 35.7 cm³/mol. The Kier molecular flexibility index (Phi) is 1.44. The number of rotatable bonds is 1. The highest BCUT2D eigenvalue weighted by Gasteiger charge is 1.93. The molecule has 1 rings (SSSR count). The van der Waals surface area contributed by atoms with Gasteiger partial charge in [0, 0.05) is 18.1 Å². The average Bonchev–Trinajstić information content (AvgIpc) is 1.89. The van der Waals surface area contributed by atoms with Crippen LogP contribution in [0.15, 0.2) is 18.5 Å². The van der Waals surface area contributed by atoms with Crippen molar-refractivity contribution in [1.82, 2.24) is 4.98 Å². The fraction of sp³-hybridized carbons (Fsp3) is 0. The summed E-state index contributed by atoms with van der Waals surface area (Å²) in [5, 5.41) is 5.21. The summed E-state index contributed by atoms with van der Waals surface area (Å²) in [4.78, 5) is 3.83. The summed E-state index contributed by atoms with van der Waals surface area (Å²) in [6, 6.07) is 1.71. The van der Waals surface area contributed by atoms with E-state index in [9.17, 15) is 0 Å². The number of nitrogens with two attached hydrogens (primary N) is 2. The van der Waals surface area contributed by atoms with Crippen LogP contribution in [0.25, 0.3) is 0 Å². The standard InChI is InChI=1S/C6H7N3/c7-3-5-4-9-2-1-6(5)8/h1-4,7H,(H2,8,9)/p+1. The van der Waals surface area contributed by atoms with Gasteiger partial charge in [-0.15, -0.1) is 0 Å². The second kappa shape index (κ2) is 2.26. The van der Waals surface area contributed by atoms with E-state index in [1.54, 1.807) is 18.5 Å². The fourth-order valence-electron chi connectivity index (χ4n) is 0.557. The molecule has 0 unspecified atom stereocenters. The lowest BCUT2D eigenvalue weighted by molar-refractivity contribution is -0.104. The topological polar surface area (TPSA) is 64.5 Å². The molecule has 0 aromatic carbocycles. The lowest BCUT2D eigenvalue weighted by Crippen LogP contribution is -2.30. The van der Waals surface area contributed by atoms with Gasteiger partial charge in [-0.1, -0.05) is 0 Å². The fourth-order valence-corrected chi connectivity index (χ4v) is 0.557. The number of hydrogen-bond donors (Lipinski definition) is 2. The highest BCUT2D eigenvalue weighted by molar-refractivity contribution is 5.81. The molecule has 0 saturated carbocycles. The lowest BCUT2D eigenvalue weighted by Gasteiger charge is -1.91. The van der Waals surface area contributed by atoms with E-state index in [0.717, 1.165) is 5.56 Å². The molecule has 0 amide bonds. The van der Waals surface area contributed by atoms with Gasteiger partial charge in [-0.3, -0.25) is 10.4 Å². The van der Waals surface area contributed by atoms with Gasteiger partial charge in [0.1, 0.15) is 0 Å². The average molecular weight is 122 g/mol. The summed E-state index contributed by atoms with van der Waals surface area (Å²) in [6.45, 7) is 0. The monoisotopic (exact) mass is 122 g/mol. The van der Waals surface area contributed by atoms with Crippen LogP contribution >= 0.6 is 0 Å². The van der Waals surface area contributed by atoms with Gasteiger partial charge in [0.25, 0.3) is 0 Å². The minimum Gasteiger partial charge on any atom is -0.398 e. The SMILES string of the molecule is Nc1ccncc1C=[NH2+]. The van der Waals surface area contributed by atoms with Gasteiger partial charge in [0.05, 0.1) is 5.56 Å². The van der Waals surface area contributed by atoms with Gasteiger partial charge in [0.2, 0.25) is 0 Å². The predicted octanol–water partition coefficient (Wildman–Crippen LogP) is -1.16. The molecule has 0 aliphatic carbocycles. The Morgan fingerprint density at radius 1 is 1.67 bits per heavy atom. The van der Waals surface area contributed by atoms with Crippen molar-refractivity contribution in [2.45, 2.75) is 0 Å². The molecule has 9 heavy (non-hydrogen) atoms. The summed E-state index contributed by atoms with van der Waals surface area (Å²) in [5.74, 6) is 0. The Morgan fingerprint density at radius 3 is 2.89 bits per heavy atom. The second-order valence-corrected chi connectivity index (χ2v) is 1.67. The zero-order chi connectivity index (χ0) is 6.69. The summed E-state index contributed by atoms with van der Waals surface area (Å²) in [7, 11) is 0. The number of aromatic nitrogens is 1. The molecule has 1 heterocycles. The van der Waals surface area contributed by atoms with Crippen LogP contribution in [0.2, 0.25) is 0 Å². The van der Waals surface area contributed by atoms with Gasteiger partial charge in [-0.25, -0.2) is 0 Å². The van der Waals surface area contributed by atoms with Crippen molar-refractivity contribution in [2.24, 2.45) is 0 Å². The van der Waals surface area contributed by atoms with Crippen molar-refractivity contribution in [3.05, 3.63) is 24.0 Å². The molecule has 1 aromatic heterocycles. The highest BCUT2D eigenvalue weighted by atomic mass is 14.7. The van der Waals surface area contributed by atoms with Crippen LogP contribution in [0.1, 0.15) is 5.56 Å². The molecule has 3 nitrogen and oxygen atoms in total. The lowest BCUT2D eigenvalue weighted by atomic mass is 10.3. The molecule has 0 bridgehead atoms. The molecule has 1 aromatic rings. The van der Waals surface area contributed by atoms with Crippen molar-refractivity contribution in [1.29, 1.82) is 0 Å². The molecule has 0 aliphatic rings. The van der Waals surface area contributed by atoms with Crippen molar-refractivity contribution >= 4 is 11.9 Å². The van der Waals surface area contributed by atoms with Gasteiger partial charge < -0.3 is 5.73 Å². The van der Waals surface area contributed by atoms with E-state index in [0.29, 0.717) is 5.69 Å². The third-order valence-corrected chi connectivity index (χ3v) is 1.07. The molecule has 4 N–H and O–H groups in total. The first-order valence-corrected chi connectivity index (χ1v) is 2.59. The first kappa shape index (κ1) is 5.75. The van der Waals surface area contributed by atoms with Gasteiger partial charge in [0.15, 0.2) is 6.21 Å². The van der Waals surface area contributed by atoms with E-state index in [4.69, 9.17) is 11.1 Å². The molecule has 46 valence electrons. The number of nitrogens with zero attached hydrogens (tertiary/aromatic N) is 1. The van der Waals surface area contributed by atoms with E-state index in [2.05, 4.69) is 4.98 Å². The quantitative estimate of drug-likeness (QED) is 0.461. The first-order chi connectivity index (χ1) is 4.34. The Bertz CT molecular complexity index is 219. The van der Waals surface area contributed by atoms with Crippen molar-refractivity contribution in [3.8, 4) is 0 Å². The number of anilines is 1. The maximum absolute atomic E-state index is 5.48. The Hall–Kier alpha value is -1.38. The Morgan fingerprint density at radius 2 is 2.44 bits per heavy atom. The van der Waals surface area contributed by atoms with Crippen molar-refractivity contribution < 1.29 is 5.41 Å². The van der Waals surface area contributed by atoms with Gasteiger partial charge in [-0.05, 0) is 6.07 Å². The molecular formula is C6H8N3+. The van der Waals surface area contributed by atoms with Crippen LogP contribution in [0, 0.1) is 0 Å². The minimum absolute atomic E-state index is 0.660. The normalized spacial score (nSPS) is 8.89. The number of pyridine rings is 1. The summed E-state index contributed by atoms with van der Waals surface area (Å²) < 4.78 is 0. The molecular weight excluding hydrogens is 114 g/mol. The molecule has 0 saturated heterocycles. The van der Waals surface area contributed by atoms with E-state index in [1.165, 1.54) is 6.21 Å². The van der Waals surface area contributed by atoms with Crippen molar-refractivity contribution in [2.75, 3.05) is 5.73 Å². The maximum atomic E-state index is 5.48. The third-order valence-electron chi connectivity index (χ3n) is 1.07. The van der Waals surface area contributed by atoms with E-state index in [1.807, 2.05) is 0 Å². The van der Waals surface area contributed by atoms with E-state index >= 15 is 0 Å². The molecule has 0 atom stereocenters. The van der Waals surface area contributed by atoms with Gasteiger partial charge in [-0.2, -0.15) is 0 Å². The summed E-state index contributed by atoms with van der Waals surface area (Å²) >= 11 is 0. The van der Waals surface area contributed by atoms with Crippen LogP contribution in [0.3, 0.4) is 0 Å². The highest BCUT2D eigenvalue weighted by Crippen LogP contribution is 2.02. The number of nitrogen functional groups attached to an aromatic ring is 1. The maximum Gasteiger partial charge on any atom is 0.171 e. The van der Waals surface area contributed by atoms with Crippen LogP contribution < -0.4 is 11.1 Å². The summed E-state index contributed by atoms with van der Waals surface area (Å²) in [5.41, 5.74) is 6.92. The summed E-state index contributed by atoms with van der Waals surface area (Å²) in [6.07, 6.45) is 4.68. The smallest absolute Gasteiger partial charge is 0.171 e. The zero-order valence-corrected chi connectivity index (χ0v) is 4.91. The third kappa shape index (κ3) is 1.05. The van der Waals surface area contributed by atoms with Gasteiger partial charge >= 0.3 is 0 Å². The molecule has 3 heteroatoms. The first-order valence-electron chi connectivity index (χ1n) is 2.59. The molecule has 0 spiro atoms. The van der Waals surface area contributed by atoms with E-state index < -0.39 is 0 Å². The number of hydrogen-bond acceptors (Lipinski definition) is 2. The molecule has 0 aliphatic heterocycles. The van der Waals surface area contributed by atoms with Crippen LogP contribution in [-0.4, -0.2) is 11.2 Å². The second-order valence-electron chi connectivity index (χ2n) is 1.67. The Balaban J connectivity index is 3.15. The Labute approximate surface area is 53.0 Å². The molecule has 0 radical (unpaired) electrons.